The van der Waals surface area contributed by atoms with Gasteiger partial charge in [0.2, 0.25) is 10.9 Å². The van der Waals surface area contributed by atoms with E-state index in [1.54, 1.807) is 18.2 Å². The Morgan fingerprint density at radius 1 is 1.44 bits per heavy atom. The highest BCUT2D eigenvalue weighted by atomic mass is 32.2. The summed E-state index contributed by atoms with van der Waals surface area (Å²) in [7, 11) is -1.30. The molecule has 0 aliphatic carbocycles. The molecular weight excluding hydrogens is 230 g/mol. The topological polar surface area (TPSA) is 72.5 Å². The van der Waals surface area contributed by atoms with Crippen LogP contribution in [0.1, 0.15) is 12.5 Å². The third-order valence-electron chi connectivity index (χ3n) is 1.93. The van der Waals surface area contributed by atoms with Crippen LogP contribution in [-0.2, 0) is 22.1 Å². The Kier molecular flexibility index (Phi) is 4.30. The predicted octanol–water partition coefficient (Wildman–Crippen LogP) is 0.765. The number of Topliss-reactive ketones (excluding diaryl/α,β-unsaturated/α-hetero) is 1. The van der Waals surface area contributed by atoms with Gasteiger partial charge in [-0.05, 0) is 24.6 Å². The van der Waals surface area contributed by atoms with Crippen LogP contribution in [0, 0.1) is 0 Å². The van der Waals surface area contributed by atoms with Crippen molar-refractivity contribution in [2.45, 2.75) is 13.3 Å². The maximum absolute atomic E-state index is 10.9. The van der Waals surface area contributed by atoms with Crippen molar-refractivity contribution in [3.8, 4) is 5.75 Å². The molecule has 1 aromatic carbocycles. The Balaban J connectivity index is 3.05. The summed E-state index contributed by atoms with van der Waals surface area (Å²) in [6.45, 7) is 1.48. The summed E-state index contributed by atoms with van der Waals surface area (Å²) in [4.78, 5) is 10.9. The van der Waals surface area contributed by atoms with Gasteiger partial charge in [-0.1, -0.05) is 6.07 Å². The van der Waals surface area contributed by atoms with Crippen LogP contribution in [0.25, 0.3) is 0 Å². The summed E-state index contributed by atoms with van der Waals surface area (Å²) in [5.41, 5.74) is 1.09. The van der Waals surface area contributed by atoms with Gasteiger partial charge in [0.25, 0.3) is 0 Å². The summed E-state index contributed by atoms with van der Waals surface area (Å²) >= 11 is 0. The number of carbonyl (C=O) groups is 1. The molecule has 0 aliphatic rings. The van der Waals surface area contributed by atoms with Crippen LogP contribution in [0.5, 0.6) is 5.75 Å². The first-order chi connectivity index (χ1) is 7.52. The van der Waals surface area contributed by atoms with Gasteiger partial charge in [0.05, 0.1) is 12.8 Å². The van der Waals surface area contributed by atoms with E-state index in [1.807, 2.05) is 0 Å². The van der Waals surface area contributed by atoms with E-state index in [-0.39, 0.29) is 12.2 Å². The van der Waals surface area contributed by atoms with Gasteiger partial charge in [-0.2, -0.15) is 0 Å². The van der Waals surface area contributed by atoms with E-state index in [2.05, 4.69) is 4.72 Å². The summed E-state index contributed by atoms with van der Waals surface area (Å²) in [5.74, 6) is 0.439. The van der Waals surface area contributed by atoms with Gasteiger partial charge < -0.3 is 4.74 Å². The largest absolute Gasteiger partial charge is 0.495 e. The number of methoxy groups -OCH3 is 1. The third kappa shape index (κ3) is 3.54. The van der Waals surface area contributed by atoms with Gasteiger partial charge in [0, 0.05) is 6.42 Å². The van der Waals surface area contributed by atoms with Gasteiger partial charge in [0.15, 0.2) is 0 Å². The second kappa shape index (κ2) is 5.50. The van der Waals surface area contributed by atoms with Gasteiger partial charge in [0.1, 0.15) is 11.5 Å². The molecule has 0 aromatic heterocycles. The molecule has 0 saturated carbocycles. The minimum atomic E-state index is -2.75. The Bertz CT molecular complexity index is 460. The highest BCUT2D eigenvalue weighted by molar-refractivity contribution is 7.73. The number of nitrogens with one attached hydrogen (secondary N) is 1. The predicted molar refractivity (Wildman–Crippen MR) is 61.3 cm³/mol. The van der Waals surface area contributed by atoms with Crippen LogP contribution in [0.4, 0.5) is 5.69 Å². The van der Waals surface area contributed by atoms with Crippen molar-refractivity contribution in [1.29, 1.82) is 0 Å². The van der Waals surface area contributed by atoms with E-state index >= 15 is 0 Å². The monoisotopic (exact) mass is 243 g/mol. The number of hydrogen-bond acceptors (Lipinski definition) is 4. The lowest BCUT2D eigenvalue weighted by Gasteiger charge is -2.08. The van der Waals surface area contributed by atoms with Crippen LogP contribution < -0.4 is 9.46 Å². The minimum Gasteiger partial charge on any atom is -0.495 e. The zero-order valence-electron chi connectivity index (χ0n) is 9.02. The lowest BCUT2D eigenvalue weighted by Crippen LogP contribution is -2.01. The molecule has 88 valence electrons. The molecule has 0 spiro atoms. The van der Waals surface area contributed by atoms with Gasteiger partial charge in [-0.25, -0.2) is 8.42 Å². The fourth-order valence-corrected chi connectivity index (χ4v) is 1.71. The molecular formula is C10H13NO4S. The maximum atomic E-state index is 10.9. The molecule has 0 heterocycles. The SMILES string of the molecule is COc1ccc(CC(C)=O)cc1N[SH](=O)=O. The molecule has 1 rings (SSSR count). The van der Waals surface area contributed by atoms with Crippen molar-refractivity contribution in [2.75, 3.05) is 11.8 Å². The molecule has 1 aromatic rings. The van der Waals surface area contributed by atoms with E-state index in [0.29, 0.717) is 11.4 Å². The number of benzene rings is 1. The summed E-state index contributed by atoms with van der Waals surface area (Å²) in [6, 6.07) is 4.94. The van der Waals surface area contributed by atoms with E-state index in [4.69, 9.17) is 4.74 Å². The molecule has 0 fully saturated rings. The number of thiol groups is 1. The number of ether oxygens (including phenoxy) is 1. The standard InChI is InChI=1S/C10H13NO4S/c1-7(12)5-8-3-4-10(15-2)9(6-8)11-16(13)14/h3-4,6,16H,5H2,1-2H3,(H,11,13,14). The van der Waals surface area contributed by atoms with Crippen LogP contribution in [-0.4, -0.2) is 21.3 Å². The molecule has 0 radical (unpaired) electrons. The first-order valence-electron chi connectivity index (χ1n) is 4.60. The molecule has 16 heavy (non-hydrogen) atoms. The molecule has 0 unspecified atom stereocenters. The number of rotatable bonds is 5. The van der Waals surface area contributed by atoms with Gasteiger partial charge >= 0.3 is 0 Å². The van der Waals surface area contributed by atoms with Crippen LogP contribution >= 0.6 is 0 Å². The molecule has 0 bridgehead atoms. The molecule has 0 aliphatic heterocycles. The van der Waals surface area contributed by atoms with Crippen molar-refractivity contribution >= 4 is 22.4 Å². The second-order valence-electron chi connectivity index (χ2n) is 3.28. The Morgan fingerprint density at radius 2 is 2.12 bits per heavy atom. The molecule has 0 saturated heterocycles. The third-order valence-corrected chi connectivity index (χ3v) is 2.35. The lowest BCUT2D eigenvalue weighted by molar-refractivity contribution is -0.116. The zero-order valence-corrected chi connectivity index (χ0v) is 9.91. The van der Waals surface area contributed by atoms with Gasteiger partial charge in [-0.15, -0.1) is 0 Å². The number of ketones is 1. The zero-order chi connectivity index (χ0) is 12.1. The molecule has 1 N–H and O–H groups in total. The van der Waals surface area contributed by atoms with E-state index in [9.17, 15) is 13.2 Å². The van der Waals surface area contributed by atoms with E-state index in [1.165, 1.54) is 14.0 Å². The summed E-state index contributed by atoms with van der Waals surface area (Å²) < 4.78 is 28.4. The second-order valence-corrected chi connectivity index (χ2v) is 4.02. The Labute approximate surface area is 95.5 Å². The quantitative estimate of drug-likeness (QED) is 0.749. The van der Waals surface area contributed by atoms with Crippen LogP contribution in [0.15, 0.2) is 18.2 Å². The minimum absolute atomic E-state index is 0.0163. The van der Waals surface area contributed by atoms with Crippen molar-refractivity contribution < 1.29 is 17.9 Å². The average molecular weight is 243 g/mol. The van der Waals surface area contributed by atoms with E-state index in [0.717, 1.165) is 5.56 Å². The smallest absolute Gasteiger partial charge is 0.222 e. The number of anilines is 1. The van der Waals surface area contributed by atoms with E-state index < -0.39 is 10.9 Å². The van der Waals surface area contributed by atoms with Crippen LogP contribution in [0.3, 0.4) is 0 Å². The van der Waals surface area contributed by atoms with Gasteiger partial charge in [-0.3, -0.25) is 9.52 Å². The fraction of sp³-hybridized carbons (Fsp3) is 0.300. The Morgan fingerprint density at radius 3 is 2.62 bits per heavy atom. The molecule has 6 heteroatoms. The van der Waals surface area contributed by atoms with Crippen molar-refractivity contribution in [3.63, 3.8) is 0 Å². The highest BCUT2D eigenvalue weighted by Gasteiger charge is 2.06. The molecule has 0 atom stereocenters. The number of carbonyl (C=O) groups excluding carboxylic acids is 1. The number of hydrogen-bond donors (Lipinski definition) is 2. The summed E-state index contributed by atoms with van der Waals surface area (Å²) in [5, 5.41) is 0. The highest BCUT2D eigenvalue weighted by Crippen LogP contribution is 2.25. The van der Waals surface area contributed by atoms with Crippen molar-refractivity contribution in [2.24, 2.45) is 0 Å². The van der Waals surface area contributed by atoms with Crippen molar-refractivity contribution in [3.05, 3.63) is 23.8 Å². The molecule has 0 amide bonds. The maximum Gasteiger partial charge on any atom is 0.222 e. The Hall–Kier alpha value is -1.56. The molecule has 5 nitrogen and oxygen atoms in total. The fourth-order valence-electron chi connectivity index (χ4n) is 1.34. The first-order valence-corrected chi connectivity index (χ1v) is 5.78. The normalized spacial score (nSPS) is 10.2. The van der Waals surface area contributed by atoms with Crippen molar-refractivity contribution in [1.82, 2.24) is 0 Å². The summed E-state index contributed by atoms with van der Waals surface area (Å²) in [6.07, 6.45) is 0.272. The lowest BCUT2D eigenvalue weighted by atomic mass is 10.1. The first kappa shape index (κ1) is 12.5. The van der Waals surface area contributed by atoms with Crippen LogP contribution in [0.2, 0.25) is 0 Å². The average Bonchev–Trinajstić information content (AvgIpc) is 2.16.